The van der Waals surface area contributed by atoms with E-state index in [0.29, 0.717) is 6.54 Å². The molecule has 2 rings (SSSR count). The third-order valence-electron chi connectivity index (χ3n) is 3.06. The Hall–Kier alpha value is -1.63. The molecule has 1 atom stereocenters. The lowest BCUT2D eigenvalue weighted by molar-refractivity contribution is 0.304. The monoisotopic (exact) mass is 273 g/mol. The highest BCUT2D eigenvalue weighted by Crippen LogP contribution is 2.25. The molecule has 0 spiro atoms. The van der Waals surface area contributed by atoms with Crippen molar-refractivity contribution in [3.8, 4) is 6.07 Å². The van der Waals surface area contributed by atoms with Gasteiger partial charge in [-0.1, -0.05) is 23.7 Å². The zero-order chi connectivity index (χ0) is 13.8. The molecule has 3 nitrogen and oxygen atoms in total. The average Bonchev–Trinajstić information content (AvgIpc) is 2.42. The summed E-state index contributed by atoms with van der Waals surface area (Å²) in [5.74, 6) is 0.00621. The number of hydrogen-bond donors (Lipinski definition) is 0. The zero-order valence-electron chi connectivity index (χ0n) is 11.1. The zero-order valence-corrected chi connectivity index (χ0v) is 11.9. The molecule has 0 aliphatic heterocycles. The maximum atomic E-state index is 8.86. The van der Waals surface area contributed by atoms with E-state index in [1.165, 1.54) is 0 Å². The summed E-state index contributed by atoms with van der Waals surface area (Å²) in [6, 6.07) is 10.1. The molecule has 1 aromatic carbocycles. The minimum Gasteiger partial charge on any atom is -0.301 e. The van der Waals surface area contributed by atoms with Gasteiger partial charge in [-0.3, -0.25) is 4.98 Å². The van der Waals surface area contributed by atoms with E-state index in [0.717, 1.165) is 28.0 Å². The molecular formula is C15H16ClN3. The van der Waals surface area contributed by atoms with Gasteiger partial charge in [-0.15, -0.1) is 0 Å². The molecule has 0 saturated heterocycles. The summed E-state index contributed by atoms with van der Waals surface area (Å²) in [7, 11) is 1.99. The Kier molecular flexibility index (Phi) is 4.36. The van der Waals surface area contributed by atoms with Crippen molar-refractivity contribution in [2.45, 2.75) is 13.5 Å². The Morgan fingerprint density at radius 3 is 2.95 bits per heavy atom. The summed E-state index contributed by atoms with van der Waals surface area (Å²) in [5.41, 5.74) is 1.96. The normalized spacial score (nSPS) is 12.6. The molecule has 19 heavy (non-hydrogen) atoms. The molecule has 1 heterocycles. The molecule has 0 fully saturated rings. The summed E-state index contributed by atoms with van der Waals surface area (Å²) >= 11 is 6.29. The van der Waals surface area contributed by atoms with Crippen LogP contribution in [0.25, 0.3) is 10.9 Å². The Labute approximate surface area is 118 Å². The van der Waals surface area contributed by atoms with E-state index >= 15 is 0 Å². The number of pyridine rings is 1. The quantitative estimate of drug-likeness (QED) is 0.856. The number of rotatable bonds is 4. The summed E-state index contributed by atoms with van der Waals surface area (Å²) in [6.07, 6.45) is 1.78. The fourth-order valence-electron chi connectivity index (χ4n) is 2.17. The number of nitrogens with zero attached hydrogens (tertiary/aromatic N) is 3. The van der Waals surface area contributed by atoms with Crippen LogP contribution in [-0.4, -0.2) is 23.5 Å². The molecule has 4 heteroatoms. The largest absolute Gasteiger partial charge is 0.301 e. The average molecular weight is 274 g/mol. The van der Waals surface area contributed by atoms with Crippen LogP contribution in [0.4, 0.5) is 0 Å². The van der Waals surface area contributed by atoms with Gasteiger partial charge in [-0.2, -0.15) is 5.26 Å². The van der Waals surface area contributed by atoms with Gasteiger partial charge >= 0.3 is 0 Å². The first-order valence-corrected chi connectivity index (χ1v) is 6.60. The lowest BCUT2D eigenvalue weighted by Gasteiger charge is -2.19. The molecule has 2 aromatic rings. The van der Waals surface area contributed by atoms with Crippen LogP contribution in [0, 0.1) is 17.2 Å². The molecule has 1 aromatic heterocycles. The maximum Gasteiger partial charge on any atom is 0.0761 e. The van der Waals surface area contributed by atoms with Crippen LogP contribution < -0.4 is 0 Å². The molecule has 0 saturated carbocycles. The van der Waals surface area contributed by atoms with Gasteiger partial charge in [0.25, 0.3) is 0 Å². The van der Waals surface area contributed by atoms with Crippen molar-refractivity contribution < 1.29 is 0 Å². The van der Waals surface area contributed by atoms with Crippen LogP contribution in [0.2, 0.25) is 5.02 Å². The first-order chi connectivity index (χ1) is 9.11. The SMILES string of the molecule is C[C@@H](C#N)CN(C)Cc1c(Cl)ccc2cccnc12. The van der Waals surface area contributed by atoms with E-state index in [4.69, 9.17) is 16.9 Å². The molecule has 0 bridgehead atoms. The van der Waals surface area contributed by atoms with E-state index in [1.807, 2.05) is 38.2 Å². The Morgan fingerprint density at radius 1 is 1.42 bits per heavy atom. The van der Waals surface area contributed by atoms with Crippen molar-refractivity contribution in [1.29, 1.82) is 5.26 Å². The minimum absolute atomic E-state index is 0.00621. The molecule has 0 aliphatic carbocycles. The van der Waals surface area contributed by atoms with Crippen molar-refractivity contribution in [3.63, 3.8) is 0 Å². The lowest BCUT2D eigenvalue weighted by Crippen LogP contribution is -2.23. The van der Waals surface area contributed by atoms with Crippen LogP contribution >= 0.6 is 11.6 Å². The predicted molar refractivity (Wildman–Crippen MR) is 77.9 cm³/mol. The van der Waals surface area contributed by atoms with Crippen LogP contribution in [0.3, 0.4) is 0 Å². The molecule has 0 aliphatic rings. The third-order valence-corrected chi connectivity index (χ3v) is 3.41. The van der Waals surface area contributed by atoms with Crippen molar-refractivity contribution in [2.24, 2.45) is 5.92 Å². The summed E-state index contributed by atoms with van der Waals surface area (Å²) in [5, 5.41) is 10.7. The fourth-order valence-corrected chi connectivity index (χ4v) is 2.39. The second-order valence-electron chi connectivity index (χ2n) is 4.83. The Bertz CT molecular complexity index is 618. The fraction of sp³-hybridized carbons (Fsp3) is 0.333. The smallest absolute Gasteiger partial charge is 0.0761 e. The van der Waals surface area contributed by atoms with Crippen molar-refractivity contribution in [1.82, 2.24) is 9.88 Å². The molecule has 0 radical (unpaired) electrons. The number of fused-ring (bicyclic) bond motifs is 1. The highest BCUT2D eigenvalue weighted by atomic mass is 35.5. The van der Waals surface area contributed by atoms with Crippen molar-refractivity contribution in [3.05, 3.63) is 41.0 Å². The van der Waals surface area contributed by atoms with E-state index < -0.39 is 0 Å². The number of nitriles is 1. The Balaban J connectivity index is 2.29. The molecule has 0 amide bonds. The maximum absolute atomic E-state index is 8.86. The van der Waals surface area contributed by atoms with Crippen LogP contribution in [0.15, 0.2) is 30.5 Å². The summed E-state index contributed by atoms with van der Waals surface area (Å²) in [6.45, 7) is 3.33. The van der Waals surface area contributed by atoms with Gasteiger partial charge in [0.15, 0.2) is 0 Å². The Morgan fingerprint density at radius 2 is 2.21 bits per heavy atom. The summed E-state index contributed by atoms with van der Waals surface area (Å²) < 4.78 is 0. The van der Waals surface area contributed by atoms with Gasteiger partial charge in [0.2, 0.25) is 0 Å². The van der Waals surface area contributed by atoms with Crippen molar-refractivity contribution >= 4 is 22.5 Å². The van der Waals surface area contributed by atoms with Gasteiger partial charge in [0.05, 0.1) is 17.5 Å². The molecule has 0 unspecified atom stereocenters. The number of benzene rings is 1. The van der Waals surface area contributed by atoms with Gasteiger partial charge in [0, 0.05) is 35.3 Å². The first-order valence-electron chi connectivity index (χ1n) is 6.22. The topological polar surface area (TPSA) is 39.9 Å². The van der Waals surface area contributed by atoms with Crippen LogP contribution in [-0.2, 0) is 6.54 Å². The van der Waals surface area contributed by atoms with E-state index in [1.54, 1.807) is 6.20 Å². The van der Waals surface area contributed by atoms with E-state index in [2.05, 4.69) is 16.0 Å². The second kappa shape index (κ2) is 6.01. The predicted octanol–water partition coefficient (Wildman–Crippen LogP) is 3.48. The third kappa shape index (κ3) is 3.23. The lowest BCUT2D eigenvalue weighted by atomic mass is 10.1. The minimum atomic E-state index is 0.00621. The number of hydrogen-bond acceptors (Lipinski definition) is 3. The number of halogens is 1. The summed E-state index contributed by atoms with van der Waals surface area (Å²) in [4.78, 5) is 6.52. The van der Waals surface area contributed by atoms with E-state index in [-0.39, 0.29) is 5.92 Å². The van der Waals surface area contributed by atoms with Gasteiger partial charge in [-0.25, -0.2) is 0 Å². The molecular weight excluding hydrogens is 258 g/mol. The standard InChI is InChI=1S/C15H16ClN3/c1-11(8-17)9-19(2)10-13-14(16)6-5-12-4-3-7-18-15(12)13/h3-7,11H,9-10H2,1-2H3/t11-/m0/s1. The van der Waals surface area contributed by atoms with Crippen LogP contribution in [0.5, 0.6) is 0 Å². The molecule has 0 N–H and O–H groups in total. The van der Waals surface area contributed by atoms with Gasteiger partial charge in [0.1, 0.15) is 0 Å². The van der Waals surface area contributed by atoms with E-state index in [9.17, 15) is 0 Å². The van der Waals surface area contributed by atoms with Gasteiger partial charge < -0.3 is 4.90 Å². The highest BCUT2D eigenvalue weighted by molar-refractivity contribution is 6.32. The van der Waals surface area contributed by atoms with Crippen LogP contribution in [0.1, 0.15) is 12.5 Å². The second-order valence-corrected chi connectivity index (χ2v) is 5.24. The number of aromatic nitrogens is 1. The highest BCUT2D eigenvalue weighted by Gasteiger charge is 2.11. The molecule has 98 valence electrons. The first kappa shape index (κ1) is 13.8. The van der Waals surface area contributed by atoms with Crippen molar-refractivity contribution in [2.75, 3.05) is 13.6 Å². The van der Waals surface area contributed by atoms with Gasteiger partial charge in [-0.05, 0) is 26.1 Å².